The minimum atomic E-state index is -0.113. The van der Waals surface area contributed by atoms with Gasteiger partial charge in [0.05, 0.1) is 18.8 Å². The minimum Gasteiger partial charge on any atom is -0.371 e. The number of nitrogens with zero attached hydrogens (tertiary/aromatic N) is 3. The molecule has 23 heavy (non-hydrogen) atoms. The Morgan fingerprint density at radius 2 is 2.35 bits per heavy atom. The van der Waals surface area contributed by atoms with E-state index in [0.717, 1.165) is 31.0 Å². The monoisotopic (exact) mass is 331 g/mol. The molecule has 0 radical (unpaired) electrons. The molecule has 0 N–H and O–H groups in total. The molecule has 5 heteroatoms. The largest absolute Gasteiger partial charge is 0.371 e. The molecule has 4 rings (SSSR count). The lowest BCUT2D eigenvalue weighted by Gasteiger charge is -2.57. The summed E-state index contributed by atoms with van der Waals surface area (Å²) in [7, 11) is 0. The Kier molecular flexibility index (Phi) is 3.69. The van der Waals surface area contributed by atoms with Gasteiger partial charge in [0.2, 0.25) is 0 Å². The highest BCUT2D eigenvalue weighted by Gasteiger charge is 2.66. The lowest BCUT2D eigenvalue weighted by Crippen LogP contribution is -2.65. The molecule has 0 bridgehead atoms. The van der Waals surface area contributed by atoms with Crippen LogP contribution >= 0.6 is 11.6 Å². The first-order valence-corrected chi connectivity index (χ1v) is 8.76. The van der Waals surface area contributed by atoms with Crippen LogP contribution in [-0.4, -0.2) is 27.0 Å². The third kappa shape index (κ3) is 2.31. The summed E-state index contributed by atoms with van der Waals surface area (Å²) in [6, 6.07) is 8.21. The summed E-state index contributed by atoms with van der Waals surface area (Å²) >= 11 is 6.16. The van der Waals surface area contributed by atoms with Crippen LogP contribution in [0.4, 0.5) is 0 Å². The Hall–Kier alpha value is -1.39. The molecule has 1 aromatic heterocycles. The Bertz CT molecular complexity index is 685. The average molecular weight is 332 g/mol. The molecule has 1 saturated heterocycles. The SMILES string of the molecule is CCC12CCC(Cc3cccc(Cl)c3)C1(Cn1cncn1)OC2. The average Bonchev–Trinajstić information content (AvgIpc) is 3.10. The molecular weight excluding hydrogens is 310 g/mol. The van der Waals surface area contributed by atoms with E-state index in [2.05, 4.69) is 29.1 Å². The van der Waals surface area contributed by atoms with Gasteiger partial charge in [-0.15, -0.1) is 0 Å². The second-order valence-corrected chi connectivity index (χ2v) is 7.41. The Labute approximate surface area is 141 Å². The van der Waals surface area contributed by atoms with Gasteiger partial charge in [-0.25, -0.2) is 4.98 Å². The van der Waals surface area contributed by atoms with Gasteiger partial charge in [-0.1, -0.05) is 30.7 Å². The number of hydrogen-bond donors (Lipinski definition) is 0. The molecule has 0 amide bonds. The molecule has 122 valence electrons. The van der Waals surface area contributed by atoms with Crippen LogP contribution in [0.25, 0.3) is 0 Å². The maximum atomic E-state index is 6.30. The van der Waals surface area contributed by atoms with Crippen molar-refractivity contribution in [3.05, 3.63) is 47.5 Å². The Balaban J connectivity index is 1.63. The summed E-state index contributed by atoms with van der Waals surface area (Å²) in [5.74, 6) is 0.499. The Morgan fingerprint density at radius 3 is 3.00 bits per heavy atom. The number of fused-ring (bicyclic) bond motifs is 1. The van der Waals surface area contributed by atoms with Crippen molar-refractivity contribution in [2.45, 2.75) is 44.8 Å². The standard InChI is InChI=1S/C18H22ClN3O/c1-2-17-7-6-15(8-14-4-3-5-16(19)9-14)18(17,23-11-17)10-22-13-20-12-21-22/h3-5,9,12-13,15H,2,6-8,10-11H2,1H3. The smallest absolute Gasteiger partial charge is 0.137 e. The molecule has 1 saturated carbocycles. The van der Waals surface area contributed by atoms with Crippen LogP contribution in [0.1, 0.15) is 31.7 Å². The number of aromatic nitrogens is 3. The summed E-state index contributed by atoms with van der Waals surface area (Å²) < 4.78 is 8.23. The minimum absolute atomic E-state index is 0.113. The molecule has 2 heterocycles. The number of benzene rings is 1. The lowest BCUT2D eigenvalue weighted by molar-refractivity contribution is -0.276. The van der Waals surface area contributed by atoms with E-state index in [-0.39, 0.29) is 5.60 Å². The van der Waals surface area contributed by atoms with Gasteiger partial charge in [-0.05, 0) is 49.3 Å². The van der Waals surface area contributed by atoms with Crippen LogP contribution in [0.2, 0.25) is 5.02 Å². The van der Waals surface area contributed by atoms with Crippen LogP contribution in [0.15, 0.2) is 36.9 Å². The van der Waals surface area contributed by atoms with Gasteiger partial charge in [0, 0.05) is 10.4 Å². The zero-order valence-corrected chi connectivity index (χ0v) is 14.2. The molecule has 1 aliphatic carbocycles. The van der Waals surface area contributed by atoms with Crippen LogP contribution in [-0.2, 0) is 17.7 Å². The van der Waals surface area contributed by atoms with E-state index < -0.39 is 0 Å². The van der Waals surface area contributed by atoms with E-state index in [1.54, 1.807) is 12.7 Å². The van der Waals surface area contributed by atoms with Crippen LogP contribution in [0.3, 0.4) is 0 Å². The second kappa shape index (κ2) is 5.60. The highest BCUT2D eigenvalue weighted by atomic mass is 35.5. The molecule has 1 aliphatic heterocycles. The normalized spacial score (nSPS) is 32.5. The number of halogens is 1. The highest BCUT2D eigenvalue weighted by molar-refractivity contribution is 6.30. The van der Waals surface area contributed by atoms with Crippen molar-refractivity contribution in [3.8, 4) is 0 Å². The van der Waals surface area contributed by atoms with E-state index in [0.29, 0.717) is 11.3 Å². The Morgan fingerprint density at radius 1 is 1.43 bits per heavy atom. The van der Waals surface area contributed by atoms with E-state index in [9.17, 15) is 0 Å². The fourth-order valence-corrected chi connectivity index (χ4v) is 4.88. The first-order valence-electron chi connectivity index (χ1n) is 8.38. The molecule has 0 spiro atoms. The maximum absolute atomic E-state index is 6.30. The summed E-state index contributed by atoms with van der Waals surface area (Å²) in [4.78, 5) is 4.09. The molecule has 2 aromatic rings. The summed E-state index contributed by atoms with van der Waals surface area (Å²) in [5, 5.41) is 5.13. The van der Waals surface area contributed by atoms with Crippen LogP contribution in [0, 0.1) is 11.3 Å². The number of ether oxygens (including phenoxy) is 1. The molecular formula is C18H22ClN3O. The fourth-order valence-electron chi connectivity index (χ4n) is 4.67. The summed E-state index contributed by atoms with van der Waals surface area (Å²) in [5.41, 5.74) is 1.47. The van der Waals surface area contributed by atoms with Gasteiger partial charge in [-0.2, -0.15) is 5.10 Å². The van der Waals surface area contributed by atoms with E-state index in [1.165, 1.54) is 18.4 Å². The van der Waals surface area contributed by atoms with Crippen molar-refractivity contribution >= 4 is 11.6 Å². The predicted octanol–water partition coefficient (Wildman–Crippen LogP) is 3.75. The van der Waals surface area contributed by atoms with Gasteiger partial charge in [0.15, 0.2) is 0 Å². The molecule has 4 nitrogen and oxygen atoms in total. The number of rotatable bonds is 5. The van der Waals surface area contributed by atoms with E-state index in [1.807, 2.05) is 16.8 Å². The maximum Gasteiger partial charge on any atom is 0.137 e. The zero-order chi connectivity index (χ0) is 15.9. The first kappa shape index (κ1) is 15.2. The van der Waals surface area contributed by atoms with E-state index in [4.69, 9.17) is 16.3 Å². The molecule has 2 aliphatic rings. The van der Waals surface area contributed by atoms with Gasteiger partial charge in [-0.3, -0.25) is 4.68 Å². The summed E-state index contributed by atoms with van der Waals surface area (Å²) in [6.07, 6.45) is 8.01. The third-order valence-electron chi connectivity index (χ3n) is 6.05. The lowest BCUT2D eigenvalue weighted by atomic mass is 9.64. The second-order valence-electron chi connectivity index (χ2n) is 6.97. The van der Waals surface area contributed by atoms with Gasteiger partial charge >= 0.3 is 0 Å². The third-order valence-corrected chi connectivity index (χ3v) is 6.28. The molecule has 3 unspecified atom stereocenters. The quantitative estimate of drug-likeness (QED) is 0.837. The zero-order valence-electron chi connectivity index (χ0n) is 13.4. The van der Waals surface area contributed by atoms with Crippen LogP contribution < -0.4 is 0 Å². The fraction of sp³-hybridized carbons (Fsp3) is 0.556. The topological polar surface area (TPSA) is 39.9 Å². The van der Waals surface area contributed by atoms with Gasteiger partial charge < -0.3 is 4.74 Å². The van der Waals surface area contributed by atoms with Crippen molar-refractivity contribution in [2.24, 2.45) is 11.3 Å². The molecule has 2 fully saturated rings. The van der Waals surface area contributed by atoms with E-state index >= 15 is 0 Å². The molecule has 1 aromatic carbocycles. The van der Waals surface area contributed by atoms with Crippen molar-refractivity contribution in [1.29, 1.82) is 0 Å². The first-order chi connectivity index (χ1) is 11.2. The van der Waals surface area contributed by atoms with Crippen molar-refractivity contribution < 1.29 is 4.74 Å². The number of hydrogen-bond acceptors (Lipinski definition) is 3. The van der Waals surface area contributed by atoms with Crippen molar-refractivity contribution in [3.63, 3.8) is 0 Å². The predicted molar refractivity (Wildman–Crippen MR) is 89.3 cm³/mol. The van der Waals surface area contributed by atoms with Crippen molar-refractivity contribution in [2.75, 3.05) is 6.61 Å². The van der Waals surface area contributed by atoms with Gasteiger partial charge in [0.1, 0.15) is 12.7 Å². The summed E-state index contributed by atoms with van der Waals surface area (Å²) in [6.45, 7) is 3.97. The van der Waals surface area contributed by atoms with Crippen LogP contribution in [0.5, 0.6) is 0 Å². The van der Waals surface area contributed by atoms with Crippen molar-refractivity contribution in [1.82, 2.24) is 14.8 Å². The van der Waals surface area contributed by atoms with Gasteiger partial charge in [0.25, 0.3) is 0 Å². The highest BCUT2D eigenvalue weighted by Crippen LogP contribution is 2.62. The molecule has 3 atom stereocenters.